The molecule has 0 unspecified atom stereocenters. The Bertz CT molecular complexity index is 745. The number of sulfonamides is 1. The Labute approximate surface area is 127 Å². The average molecular weight is 327 g/mol. The van der Waals surface area contributed by atoms with E-state index < -0.39 is 10.0 Å². The van der Waals surface area contributed by atoms with Crippen LogP contribution >= 0.6 is 11.3 Å². The maximum absolute atomic E-state index is 12.4. The van der Waals surface area contributed by atoms with Gasteiger partial charge in [0, 0.05) is 17.4 Å². The number of nitrogens with one attached hydrogen (secondary N) is 2. The van der Waals surface area contributed by atoms with E-state index in [2.05, 4.69) is 15.0 Å². The topological polar surface area (TPSA) is 84.2 Å². The van der Waals surface area contributed by atoms with Gasteiger partial charge < -0.3 is 9.73 Å². The minimum Gasteiger partial charge on any atom is -0.464 e. The largest absolute Gasteiger partial charge is 0.464 e. The molecule has 0 atom stereocenters. The van der Waals surface area contributed by atoms with Crippen LogP contribution in [0.1, 0.15) is 36.0 Å². The summed E-state index contributed by atoms with van der Waals surface area (Å²) >= 11 is 1.32. The van der Waals surface area contributed by atoms with Gasteiger partial charge in [-0.25, -0.2) is 13.4 Å². The molecule has 2 aromatic rings. The zero-order valence-electron chi connectivity index (χ0n) is 11.8. The van der Waals surface area contributed by atoms with E-state index in [1.54, 1.807) is 20.0 Å². The van der Waals surface area contributed by atoms with Crippen LogP contribution in [-0.2, 0) is 16.6 Å². The minimum absolute atomic E-state index is 0.163. The van der Waals surface area contributed by atoms with Gasteiger partial charge in [-0.2, -0.15) is 0 Å². The number of rotatable bonds is 6. The lowest BCUT2D eigenvalue weighted by atomic mass is 10.3. The summed E-state index contributed by atoms with van der Waals surface area (Å²) in [4.78, 5) is 4.50. The predicted octanol–water partition coefficient (Wildman–Crippen LogP) is 2.44. The molecule has 21 heavy (non-hydrogen) atoms. The monoisotopic (exact) mass is 327 g/mol. The predicted molar refractivity (Wildman–Crippen MR) is 81.1 cm³/mol. The molecule has 1 saturated carbocycles. The fraction of sp³-hybridized carbons (Fsp3) is 0.462. The van der Waals surface area contributed by atoms with Gasteiger partial charge in [0.2, 0.25) is 0 Å². The fourth-order valence-electron chi connectivity index (χ4n) is 2.12. The first kappa shape index (κ1) is 14.6. The number of hydrogen-bond donors (Lipinski definition) is 2. The van der Waals surface area contributed by atoms with Crippen molar-refractivity contribution in [3.05, 3.63) is 28.7 Å². The van der Waals surface area contributed by atoms with Gasteiger partial charge in [-0.15, -0.1) is 11.3 Å². The third-order valence-electron chi connectivity index (χ3n) is 3.30. The molecule has 0 radical (unpaired) electrons. The number of aryl methyl sites for hydroxylation is 1. The van der Waals surface area contributed by atoms with Crippen LogP contribution in [0.4, 0.5) is 5.13 Å². The van der Waals surface area contributed by atoms with Gasteiger partial charge in [0.15, 0.2) is 5.13 Å². The van der Waals surface area contributed by atoms with Gasteiger partial charge in [0.05, 0.1) is 12.2 Å². The molecule has 0 saturated heterocycles. The van der Waals surface area contributed by atoms with Gasteiger partial charge in [0.1, 0.15) is 16.4 Å². The lowest BCUT2D eigenvalue weighted by Crippen LogP contribution is -2.13. The molecule has 2 aromatic heterocycles. The number of hydrogen-bond acceptors (Lipinski definition) is 6. The van der Waals surface area contributed by atoms with Crippen molar-refractivity contribution in [3.8, 4) is 0 Å². The molecule has 8 heteroatoms. The first-order chi connectivity index (χ1) is 9.99. The Morgan fingerprint density at radius 1 is 1.48 bits per heavy atom. The first-order valence-corrected chi connectivity index (χ1v) is 9.08. The average Bonchev–Trinajstić information content (AvgIpc) is 3.05. The highest BCUT2D eigenvalue weighted by Gasteiger charge is 2.27. The number of anilines is 1. The van der Waals surface area contributed by atoms with E-state index in [1.807, 2.05) is 5.38 Å². The number of thiazole rings is 1. The summed E-state index contributed by atoms with van der Waals surface area (Å²) in [6, 6.07) is 1.55. The standard InChI is InChI=1S/C13H17N3O3S2/c1-8-12(5-10(19-8)6-14-2)21(17,18)16-13-15-11(7-20-13)9-3-4-9/h5,7,9,14H,3-4,6H2,1-2H3,(H,15,16). The van der Waals surface area contributed by atoms with E-state index in [0.29, 0.717) is 29.1 Å². The molecule has 0 amide bonds. The molecule has 6 nitrogen and oxygen atoms in total. The molecule has 2 N–H and O–H groups in total. The summed E-state index contributed by atoms with van der Waals surface area (Å²) in [6.07, 6.45) is 2.29. The van der Waals surface area contributed by atoms with Crippen LogP contribution in [0.2, 0.25) is 0 Å². The SMILES string of the molecule is CNCc1cc(S(=O)(=O)Nc2nc(C3CC3)cs2)c(C)o1. The van der Waals surface area contributed by atoms with Crippen molar-refractivity contribution >= 4 is 26.5 Å². The summed E-state index contributed by atoms with van der Waals surface area (Å²) in [5.74, 6) is 1.48. The summed E-state index contributed by atoms with van der Waals surface area (Å²) < 4.78 is 32.8. The van der Waals surface area contributed by atoms with Crippen molar-refractivity contribution in [3.63, 3.8) is 0 Å². The molecule has 0 aromatic carbocycles. The number of aromatic nitrogens is 1. The Kier molecular flexibility index (Phi) is 3.76. The highest BCUT2D eigenvalue weighted by molar-refractivity contribution is 7.93. The summed E-state index contributed by atoms with van der Waals surface area (Å²) in [7, 11) is -1.88. The highest BCUT2D eigenvalue weighted by Crippen LogP contribution is 2.41. The number of nitrogens with zero attached hydrogens (tertiary/aromatic N) is 1. The Hall–Kier alpha value is -1.38. The quantitative estimate of drug-likeness (QED) is 0.851. The molecule has 1 fully saturated rings. The van der Waals surface area contributed by atoms with Crippen molar-refractivity contribution < 1.29 is 12.8 Å². The van der Waals surface area contributed by atoms with E-state index in [9.17, 15) is 8.42 Å². The van der Waals surface area contributed by atoms with Crippen LogP contribution < -0.4 is 10.0 Å². The number of furan rings is 1. The second-order valence-electron chi connectivity index (χ2n) is 5.12. The molecule has 1 aliphatic carbocycles. The lowest BCUT2D eigenvalue weighted by molar-refractivity contribution is 0.466. The molecule has 114 valence electrons. The van der Waals surface area contributed by atoms with Crippen LogP contribution in [0.15, 0.2) is 20.8 Å². The maximum atomic E-state index is 12.4. The molecular weight excluding hydrogens is 310 g/mol. The zero-order valence-corrected chi connectivity index (χ0v) is 13.5. The van der Waals surface area contributed by atoms with E-state index >= 15 is 0 Å². The van der Waals surface area contributed by atoms with Gasteiger partial charge in [-0.05, 0) is 26.8 Å². The van der Waals surface area contributed by atoms with E-state index in [4.69, 9.17) is 4.42 Å². The van der Waals surface area contributed by atoms with Gasteiger partial charge in [-0.3, -0.25) is 4.72 Å². The molecule has 2 heterocycles. The van der Waals surface area contributed by atoms with Crippen LogP contribution in [0.5, 0.6) is 0 Å². The van der Waals surface area contributed by atoms with Crippen molar-refractivity contribution in [2.75, 3.05) is 11.8 Å². The van der Waals surface area contributed by atoms with Crippen LogP contribution in [-0.4, -0.2) is 20.4 Å². The van der Waals surface area contributed by atoms with Gasteiger partial charge in [-0.1, -0.05) is 0 Å². The van der Waals surface area contributed by atoms with Crippen LogP contribution in [0.3, 0.4) is 0 Å². The normalized spacial score (nSPS) is 15.3. The first-order valence-electron chi connectivity index (χ1n) is 6.72. The smallest absolute Gasteiger partial charge is 0.267 e. The molecule has 0 aliphatic heterocycles. The zero-order chi connectivity index (χ0) is 15.0. The Balaban J connectivity index is 1.81. The molecular formula is C13H17N3O3S2. The summed E-state index contributed by atoms with van der Waals surface area (Å²) in [6.45, 7) is 2.13. The lowest BCUT2D eigenvalue weighted by Gasteiger charge is -2.02. The van der Waals surface area contributed by atoms with Crippen molar-refractivity contribution in [2.45, 2.75) is 37.1 Å². The second kappa shape index (κ2) is 5.43. The Morgan fingerprint density at radius 2 is 2.24 bits per heavy atom. The second-order valence-corrected chi connectivity index (χ2v) is 7.63. The third-order valence-corrected chi connectivity index (χ3v) is 5.65. The minimum atomic E-state index is -3.66. The third kappa shape index (κ3) is 3.12. The molecule has 3 rings (SSSR count). The van der Waals surface area contributed by atoms with Gasteiger partial charge >= 0.3 is 0 Å². The summed E-state index contributed by atoms with van der Waals surface area (Å²) in [5.41, 5.74) is 0.984. The Morgan fingerprint density at radius 3 is 2.90 bits per heavy atom. The van der Waals surface area contributed by atoms with E-state index in [0.717, 1.165) is 18.5 Å². The maximum Gasteiger partial charge on any atom is 0.267 e. The highest BCUT2D eigenvalue weighted by atomic mass is 32.2. The molecule has 1 aliphatic rings. The van der Waals surface area contributed by atoms with Crippen molar-refractivity contribution in [1.29, 1.82) is 0 Å². The van der Waals surface area contributed by atoms with Crippen LogP contribution in [0, 0.1) is 6.92 Å². The molecule has 0 spiro atoms. The van der Waals surface area contributed by atoms with Gasteiger partial charge in [0.25, 0.3) is 10.0 Å². The van der Waals surface area contributed by atoms with Crippen molar-refractivity contribution in [2.24, 2.45) is 0 Å². The van der Waals surface area contributed by atoms with Crippen LogP contribution in [0.25, 0.3) is 0 Å². The van der Waals surface area contributed by atoms with Crippen molar-refractivity contribution in [1.82, 2.24) is 10.3 Å². The fourth-order valence-corrected chi connectivity index (χ4v) is 4.37. The summed E-state index contributed by atoms with van der Waals surface area (Å²) in [5, 5.41) is 5.26. The van der Waals surface area contributed by atoms with E-state index in [-0.39, 0.29) is 4.90 Å². The molecule has 0 bridgehead atoms. The van der Waals surface area contributed by atoms with E-state index in [1.165, 1.54) is 11.3 Å².